The molecule has 0 saturated heterocycles. The molecule has 0 atom stereocenters. The predicted molar refractivity (Wildman–Crippen MR) is 71.6 cm³/mol. The van der Waals surface area contributed by atoms with Gasteiger partial charge in [0.1, 0.15) is 25.4 Å². The van der Waals surface area contributed by atoms with Crippen LogP contribution in [0.4, 0.5) is 0 Å². The lowest BCUT2D eigenvalue weighted by atomic mass is 10.1. The second-order valence-corrected chi connectivity index (χ2v) is 4.45. The predicted octanol–water partition coefficient (Wildman–Crippen LogP) is -0.496. The standard InChI is InChI=1S/C14H24N2O2/c1-12-3-4-13(2)14(11-12)18-10-9-17-8-7-16-6-5-15/h3-4,11,16H,5-10,15H2,1-2H3/p+2. The maximum Gasteiger partial charge on any atom is 0.125 e. The highest BCUT2D eigenvalue weighted by molar-refractivity contribution is 5.35. The molecule has 0 spiro atoms. The number of nitrogens with two attached hydrogens (primary N) is 1. The zero-order valence-electron chi connectivity index (χ0n) is 11.6. The second kappa shape index (κ2) is 8.91. The minimum absolute atomic E-state index is 0.611. The molecule has 0 aliphatic rings. The molecule has 0 radical (unpaired) electrons. The highest BCUT2D eigenvalue weighted by atomic mass is 16.5. The summed E-state index contributed by atoms with van der Waals surface area (Å²) in [4.78, 5) is 0. The van der Waals surface area contributed by atoms with Crippen LogP contribution in [0.1, 0.15) is 11.1 Å². The van der Waals surface area contributed by atoms with Gasteiger partial charge >= 0.3 is 0 Å². The van der Waals surface area contributed by atoms with Crippen LogP contribution in [-0.4, -0.2) is 39.5 Å². The maximum absolute atomic E-state index is 5.70. The molecule has 1 aromatic rings. The molecular weight excluding hydrogens is 228 g/mol. The van der Waals surface area contributed by atoms with E-state index in [9.17, 15) is 0 Å². The third-order valence-corrected chi connectivity index (χ3v) is 2.70. The van der Waals surface area contributed by atoms with Gasteiger partial charge in [0.2, 0.25) is 0 Å². The second-order valence-electron chi connectivity index (χ2n) is 4.45. The quantitative estimate of drug-likeness (QED) is 0.584. The summed E-state index contributed by atoms with van der Waals surface area (Å²) in [6.45, 7) is 9.20. The van der Waals surface area contributed by atoms with Gasteiger partial charge < -0.3 is 20.5 Å². The van der Waals surface area contributed by atoms with Gasteiger partial charge in [0.25, 0.3) is 0 Å². The van der Waals surface area contributed by atoms with Gasteiger partial charge in [-0.15, -0.1) is 0 Å². The molecule has 102 valence electrons. The normalized spacial score (nSPS) is 10.6. The number of quaternary nitrogens is 2. The molecule has 0 unspecified atom stereocenters. The molecule has 18 heavy (non-hydrogen) atoms. The first-order valence-corrected chi connectivity index (χ1v) is 6.62. The highest BCUT2D eigenvalue weighted by Gasteiger charge is 1.99. The molecule has 0 aromatic heterocycles. The van der Waals surface area contributed by atoms with Crippen LogP contribution in [0.15, 0.2) is 18.2 Å². The molecule has 4 heteroatoms. The smallest absolute Gasteiger partial charge is 0.125 e. The Hall–Kier alpha value is -1.10. The SMILES string of the molecule is Cc1ccc(C)c(OCCOCC[NH2+]CC[NH3+])c1. The van der Waals surface area contributed by atoms with Crippen molar-refractivity contribution < 1.29 is 20.5 Å². The summed E-state index contributed by atoms with van der Waals surface area (Å²) in [5.41, 5.74) is 6.18. The molecule has 0 aliphatic carbocycles. The van der Waals surface area contributed by atoms with E-state index in [1.165, 1.54) is 11.1 Å². The number of ether oxygens (including phenoxy) is 2. The Bertz CT molecular complexity index is 343. The zero-order chi connectivity index (χ0) is 13.2. The van der Waals surface area contributed by atoms with E-state index in [2.05, 4.69) is 43.1 Å². The van der Waals surface area contributed by atoms with E-state index in [0.717, 1.165) is 32.0 Å². The summed E-state index contributed by atoms with van der Waals surface area (Å²) in [6, 6.07) is 6.24. The lowest BCUT2D eigenvalue weighted by molar-refractivity contribution is -0.671. The molecule has 5 N–H and O–H groups in total. The van der Waals surface area contributed by atoms with E-state index >= 15 is 0 Å². The van der Waals surface area contributed by atoms with Crippen LogP contribution in [0, 0.1) is 13.8 Å². The zero-order valence-corrected chi connectivity index (χ0v) is 11.6. The van der Waals surface area contributed by atoms with E-state index in [4.69, 9.17) is 9.47 Å². The molecule has 0 fully saturated rings. The van der Waals surface area contributed by atoms with Crippen LogP contribution in [0.2, 0.25) is 0 Å². The average molecular weight is 254 g/mol. The molecule has 1 aromatic carbocycles. The lowest BCUT2D eigenvalue weighted by Gasteiger charge is -2.10. The van der Waals surface area contributed by atoms with Gasteiger partial charge in [0, 0.05) is 0 Å². The fourth-order valence-electron chi connectivity index (χ4n) is 1.63. The van der Waals surface area contributed by atoms with E-state index in [-0.39, 0.29) is 0 Å². The highest BCUT2D eigenvalue weighted by Crippen LogP contribution is 2.18. The van der Waals surface area contributed by atoms with Crippen LogP contribution in [-0.2, 0) is 4.74 Å². The Kier molecular flexibility index (Phi) is 7.41. The van der Waals surface area contributed by atoms with E-state index in [0.29, 0.717) is 13.2 Å². The lowest BCUT2D eigenvalue weighted by Crippen LogP contribution is -2.88. The molecule has 0 aliphatic heterocycles. The van der Waals surface area contributed by atoms with Crippen LogP contribution in [0.5, 0.6) is 5.75 Å². The van der Waals surface area contributed by atoms with E-state index in [1.807, 2.05) is 0 Å². The maximum atomic E-state index is 5.70. The third-order valence-electron chi connectivity index (χ3n) is 2.70. The van der Waals surface area contributed by atoms with Crippen molar-refractivity contribution in [3.63, 3.8) is 0 Å². The summed E-state index contributed by atoms with van der Waals surface area (Å²) in [6.07, 6.45) is 0. The van der Waals surface area contributed by atoms with Crippen LogP contribution >= 0.6 is 0 Å². The molecule has 0 bridgehead atoms. The first-order valence-electron chi connectivity index (χ1n) is 6.62. The van der Waals surface area contributed by atoms with Crippen molar-refractivity contribution in [1.82, 2.24) is 0 Å². The van der Waals surface area contributed by atoms with Gasteiger partial charge in [0.05, 0.1) is 19.8 Å². The number of benzene rings is 1. The number of rotatable bonds is 9. The molecule has 0 heterocycles. The fraction of sp³-hybridized carbons (Fsp3) is 0.571. The van der Waals surface area contributed by atoms with E-state index in [1.54, 1.807) is 0 Å². The van der Waals surface area contributed by atoms with Crippen LogP contribution in [0.25, 0.3) is 0 Å². The first-order chi connectivity index (χ1) is 8.74. The van der Waals surface area contributed by atoms with Gasteiger partial charge in [-0.2, -0.15) is 0 Å². The number of hydrogen-bond acceptors (Lipinski definition) is 2. The fourth-order valence-corrected chi connectivity index (χ4v) is 1.63. The molecule has 0 amide bonds. The van der Waals surface area contributed by atoms with Crippen molar-refractivity contribution in [1.29, 1.82) is 0 Å². The van der Waals surface area contributed by atoms with Crippen molar-refractivity contribution in [2.75, 3.05) is 39.5 Å². The summed E-state index contributed by atoms with van der Waals surface area (Å²) >= 11 is 0. The Morgan fingerprint density at radius 1 is 1.11 bits per heavy atom. The summed E-state index contributed by atoms with van der Waals surface area (Å²) in [5, 5.41) is 2.22. The van der Waals surface area contributed by atoms with Crippen molar-refractivity contribution >= 4 is 0 Å². The number of hydrogen-bond donors (Lipinski definition) is 2. The monoisotopic (exact) mass is 254 g/mol. The Balaban J connectivity index is 2.09. The van der Waals surface area contributed by atoms with Crippen molar-refractivity contribution in [2.24, 2.45) is 0 Å². The summed E-state index contributed by atoms with van der Waals surface area (Å²) in [5.74, 6) is 0.960. The Morgan fingerprint density at radius 3 is 2.72 bits per heavy atom. The summed E-state index contributed by atoms with van der Waals surface area (Å²) in [7, 11) is 0. The van der Waals surface area contributed by atoms with Gasteiger partial charge in [-0.25, -0.2) is 0 Å². The topological polar surface area (TPSA) is 62.7 Å². The minimum Gasteiger partial charge on any atom is -0.491 e. The van der Waals surface area contributed by atoms with Crippen LogP contribution in [0.3, 0.4) is 0 Å². The molecular formula is C14H26N2O2+2. The minimum atomic E-state index is 0.611. The number of aryl methyl sites for hydroxylation is 2. The van der Waals surface area contributed by atoms with Gasteiger partial charge in [-0.05, 0) is 31.0 Å². The van der Waals surface area contributed by atoms with Gasteiger partial charge in [0.15, 0.2) is 0 Å². The molecule has 1 rings (SSSR count). The third kappa shape index (κ3) is 6.00. The van der Waals surface area contributed by atoms with Crippen molar-refractivity contribution in [3.8, 4) is 5.75 Å². The summed E-state index contributed by atoms with van der Waals surface area (Å²) < 4.78 is 11.2. The molecule has 4 nitrogen and oxygen atoms in total. The van der Waals surface area contributed by atoms with Gasteiger partial charge in [-0.3, -0.25) is 0 Å². The van der Waals surface area contributed by atoms with Crippen molar-refractivity contribution in [3.05, 3.63) is 29.3 Å². The van der Waals surface area contributed by atoms with Crippen LogP contribution < -0.4 is 15.8 Å². The Labute approximate surface area is 109 Å². The Morgan fingerprint density at radius 2 is 1.94 bits per heavy atom. The van der Waals surface area contributed by atoms with Gasteiger partial charge in [-0.1, -0.05) is 12.1 Å². The largest absolute Gasteiger partial charge is 0.491 e. The first kappa shape index (κ1) is 15.0. The van der Waals surface area contributed by atoms with Crippen molar-refractivity contribution in [2.45, 2.75) is 13.8 Å². The van der Waals surface area contributed by atoms with E-state index < -0.39 is 0 Å². The molecule has 0 saturated carbocycles. The average Bonchev–Trinajstić information content (AvgIpc) is 2.36.